The topological polar surface area (TPSA) is 59.4 Å². The van der Waals surface area contributed by atoms with Gasteiger partial charge in [-0.15, -0.1) is 0 Å². The van der Waals surface area contributed by atoms with Crippen LogP contribution in [0.2, 0.25) is 5.02 Å². The van der Waals surface area contributed by atoms with Crippen LogP contribution in [0.15, 0.2) is 36.7 Å². The van der Waals surface area contributed by atoms with Gasteiger partial charge in [0.25, 0.3) is 0 Å². The molecule has 1 unspecified atom stereocenters. The zero-order chi connectivity index (χ0) is 16.9. The number of carbonyl (C=O) groups is 1. The van der Waals surface area contributed by atoms with Crippen molar-refractivity contribution in [2.24, 2.45) is 0 Å². The monoisotopic (exact) mass is 348 g/mol. The Hall–Kier alpha value is -2.05. The van der Waals surface area contributed by atoms with Gasteiger partial charge in [0.2, 0.25) is 5.91 Å². The third kappa shape index (κ3) is 3.71. The minimum atomic E-state index is -0.0244. The first-order chi connectivity index (χ1) is 11.7. The van der Waals surface area contributed by atoms with E-state index < -0.39 is 0 Å². The highest BCUT2D eigenvalue weighted by molar-refractivity contribution is 6.30. The number of para-hydroxylation sites is 1. The van der Waals surface area contributed by atoms with Crippen LogP contribution in [0.25, 0.3) is 0 Å². The number of benzene rings is 1. The normalized spacial score (nSPS) is 17.8. The van der Waals surface area contributed by atoms with E-state index in [0.717, 1.165) is 24.4 Å². The number of nitrogens with one attached hydrogen (secondary N) is 1. The zero-order valence-electron chi connectivity index (χ0n) is 13.6. The van der Waals surface area contributed by atoms with Gasteiger partial charge >= 0.3 is 0 Å². The van der Waals surface area contributed by atoms with Gasteiger partial charge in [0.05, 0.1) is 24.4 Å². The number of nitrogens with zero attached hydrogens (tertiary/aromatic N) is 3. The van der Waals surface area contributed by atoms with E-state index in [1.165, 1.54) is 0 Å². The summed E-state index contributed by atoms with van der Waals surface area (Å²) in [5, 5.41) is 8.06. The third-order valence-electron chi connectivity index (χ3n) is 4.22. The Morgan fingerprint density at radius 2 is 2.29 bits per heavy atom. The minimum absolute atomic E-state index is 0.0244. The van der Waals surface area contributed by atoms with E-state index in [0.29, 0.717) is 24.5 Å². The molecule has 2 aromatic rings. The van der Waals surface area contributed by atoms with Crippen LogP contribution in [0.5, 0.6) is 5.75 Å². The number of ether oxygens (including phenoxy) is 1. The second-order valence-corrected chi connectivity index (χ2v) is 6.16. The van der Waals surface area contributed by atoms with Gasteiger partial charge in [-0.3, -0.25) is 9.48 Å². The van der Waals surface area contributed by atoms with Crippen LogP contribution in [-0.2, 0) is 11.3 Å². The molecule has 1 atom stereocenters. The van der Waals surface area contributed by atoms with Gasteiger partial charge in [-0.1, -0.05) is 29.8 Å². The van der Waals surface area contributed by atoms with Gasteiger partial charge in [-0.05, 0) is 6.07 Å². The second kappa shape index (κ2) is 7.68. The van der Waals surface area contributed by atoms with E-state index in [1.54, 1.807) is 24.2 Å². The van der Waals surface area contributed by atoms with Gasteiger partial charge in [0.15, 0.2) is 0 Å². The smallest absolute Gasteiger partial charge is 0.225 e. The maximum atomic E-state index is 12.7. The summed E-state index contributed by atoms with van der Waals surface area (Å²) in [5.41, 5.74) is 1.03. The standard InChI is InChI=1S/C17H21ClN4O2/c1-24-16-5-3-2-4-14(16)15-11-19-7-9-22(15)17(23)6-8-21-12-13(18)10-20-21/h2-5,10,12,15,19H,6-9,11H2,1H3. The molecular weight excluding hydrogens is 328 g/mol. The van der Waals surface area contributed by atoms with E-state index in [9.17, 15) is 4.79 Å². The molecule has 0 aliphatic carbocycles. The van der Waals surface area contributed by atoms with Crippen LogP contribution in [-0.4, -0.2) is 47.3 Å². The SMILES string of the molecule is COc1ccccc1C1CNCCN1C(=O)CCn1cc(Cl)cn1. The maximum Gasteiger partial charge on any atom is 0.225 e. The lowest BCUT2D eigenvalue weighted by atomic mass is 10.0. The second-order valence-electron chi connectivity index (χ2n) is 5.72. The van der Waals surface area contributed by atoms with E-state index in [2.05, 4.69) is 10.4 Å². The largest absolute Gasteiger partial charge is 0.496 e. The Morgan fingerprint density at radius 3 is 3.04 bits per heavy atom. The van der Waals surface area contributed by atoms with Crippen molar-refractivity contribution in [2.45, 2.75) is 19.0 Å². The molecule has 0 saturated carbocycles. The number of aromatic nitrogens is 2. The van der Waals surface area contributed by atoms with Crippen molar-refractivity contribution in [3.8, 4) is 5.75 Å². The number of halogens is 1. The van der Waals surface area contributed by atoms with Gasteiger partial charge in [0, 0.05) is 44.4 Å². The van der Waals surface area contributed by atoms with Crippen LogP contribution in [0.3, 0.4) is 0 Å². The molecule has 1 saturated heterocycles. The van der Waals surface area contributed by atoms with Crippen molar-refractivity contribution >= 4 is 17.5 Å². The lowest BCUT2D eigenvalue weighted by Crippen LogP contribution is -2.49. The van der Waals surface area contributed by atoms with Gasteiger partial charge < -0.3 is 15.0 Å². The highest BCUT2D eigenvalue weighted by Gasteiger charge is 2.29. The molecule has 1 N–H and O–H groups in total. The summed E-state index contributed by atoms with van der Waals surface area (Å²) < 4.78 is 7.16. The lowest BCUT2D eigenvalue weighted by molar-refractivity contribution is -0.134. The highest BCUT2D eigenvalue weighted by Crippen LogP contribution is 2.30. The third-order valence-corrected chi connectivity index (χ3v) is 4.41. The van der Waals surface area contributed by atoms with E-state index >= 15 is 0 Å². The molecule has 6 nitrogen and oxygen atoms in total. The summed E-state index contributed by atoms with van der Waals surface area (Å²) in [6, 6.07) is 7.83. The fourth-order valence-electron chi connectivity index (χ4n) is 3.04. The number of piperazine rings is 1. The molecule has 1 aromatic carbocycles. The molecule has 24 heavy (non-hydrogen) atoms. The first kappa shape index (κ1) is 16.8. The molecule has 3 rings (SSSR count). The van der Waals surface area contributed by atoms with Crippen molar-refractivity contribution in [3.63, 3.8) is 0 Å². The molecular formula is C17H21ClN4O2. The fraction of sp³-hybridized carbons (Fsp3) is 0.412. The predicted octanol–water partition coefficient (Wildman–Crippen LogP) is 2.11. The molecule has 1 aliphatic rings. The first-order valence-corrected chi connectivity index (χ1v) is 8.38. The van der Waals surface area contributed by atoms with Crippen LogP contribution >= 0.6 is 11.6 Å². The molecule has 7 heteroatoms. The molecule has 1 aliphatic heterocycles. The number of hydrogen-bond donors (Lipinski definition) is 1. The number of methoxy groups -OCH3 is 1. The molecule has 0 spiro atoms. The van der Waals surface area contributed by atoms with Crippen LogP contribution in [0.1, 0.15) is 18.0 Å². The molecule has 0 radical (unpaired) electrons. The minimum Gasteiger partial charge on any atom is -0.496 e. The van der Waals surface area contributed by atoms with E-state index in [4.69, 9.17) is 16.3 Å². The Labute approximate surface area is 146 Å². The number of hydrogen-bond acceptors (Lipinski definition) is 4. The maximum absolute atomic E-state index is 12.7. The summed E-state index contributed by atoms with van der Waals surface area (Å²) in [4.78, 5) is 14.7. The van der Waals surface area contributed by atoms with E-state index in [1.807, 2.05) is 29.2 Å². The van der Waals surface area contributed by atoms with Crippen molar-refractivity contribution in [3.05, 3.63) is 47.2 Å². The summed E-state index contributed by atoms with van der Waals surface area (Å²) in [5.74, 6) is 0.918. The Kier molecular flexibility index (Phi) is 5.37. The number of rotatable bonds is 5. The van der Waals surface area contributed by atoms with Crippen LogP contribution in [0, 0.1) is 0 Å². The molecule has 1 fully saturated rings. The summed E-state index contributed by atoms with van der Waals surface area (Å²) in [7, 11) is 1.66. The van der Waals surface area contributed by atoms with Crippen molar-refractivity contribution < 1.29 is 9.53 Å². The highest BCUT2D eigenvalue weighted by atomic mass is 35.5. The van der Waals surface area contributed by atoms with Crippen molar-refractivity contribution in [1.29, 1.82) is 0 Å². The number of aryl methyl sites for hydroxylation is 1. The molecule has 1 amide bonds. The molecule has 0 bridgehead atoms. The molecule has 1 aromatic heterocycles. The fourth-order valence-corrected chi connectivity index (χ4v) is 3.19. The quantitative estimate of drug-likeness (QED) is 0.899. The summed E-state index contributed by atoms with van der Waals surface area (Å²) in [6.45, 7) is 2.72. The Morgan fingerprint density at radius 1 is 1.46 bits per heavy atom. The predicted molar refractivity (Wildman–Crippen MR) is 92.2 cm³/mol. The van der Waals surface area contributed by atoms with Gasteiger partial charge in [-0.2, -0.15) is 5.10 Å². The Bertz CT molecular complexity index is 703. The first-order valence-electron chi connectivity index (χ1n) is 8.00. The lowest BCUT2D eigenvalue weighted by Gasteiger charge is -2.37. The molecule has 2 heterocycles. The van der Waals surface area contributed by atoms with Crippen LogP contribution < -0.4 is 10.1 Å². The van der Waals surface area contributed by atoms with Gasteiger partial charge in [-0.25, -0.2) is 0 Å². The van der Waals surface area contributed by atoms with Crippen LogP contribution in [0.4, 0.5) is 0 Å². The molecule has 128 valence electrons. The van der Waals surface area contributed by atoms with Gasteiger partial charge in [0.1, 0.15) is 5.75 Å². The number of carbonyl (C=O) groups excluding carboxylic acids is 1. The zero-order valence-corrected chi connectivity index (χ0v) is 14.4. The average molecular weight is 349 g/mol. The summed E-state index contributed by atoms with van der Waals surface area (Å²) >= 11 is 5.86. The summed E-state index contributed by atoms with van der Waals surface area (Å²) in [6.07, 6.45) is 3.70. The van der Waals surface area contributed by atoms with Crippen molar-refractivity contribution in [2.75, 3.05) is 26.7 Å². The van der Waals surface area contributed by atoms with Crippen molar-refractivity contribution in [1.82, 2.24) is 20.0 Å². The average Bonchev–Trinajstić information content (AvgIpc) is 3.05. The number of amides is 1. The van der Waals surface area contributed by atoms with E-state index in [-0.39, 0.29) is 11.9 Å². The Balaban J connectivity index is 1.72.